The summed E-state index contributed by atoms with van der Waals surface area (Å²) in [5, 5.41) is 14.3. The molecule has 2 aromatic rings. The van der Waals surface area contributed by atoms with E-state index in [2.05, 4.69) is 20.8 Å². The molecule has 0 bridgehead atoms. The summed E-state index contributed by atoms with van der Waals surface area (Å²) in [5.74, 6) is -0.268. The largest absolute Gasteiger partial charge is 0.349 e. The molecule has 1 heterocycles. The minimum absolute atomic E-state index is 0.0143. The molecule has 0 radical (unpaired) electrons. The van der Waals surface area contributed by atoms with Crippen LogP contribution in [-0.2, 0) is 11.3 Å². The summed E-state index contributed by atoms with van der Waals surface area (Å²) >= 11 is 1.18. The minimum Gasteiger partial charge on any atom is -0.349 e. The van der Waals surface area contributed by atoms with Crippen molar-refractivity contribution < 1.29 is 9.59 Å². The fraction of sp³-hybridized carbons (Fsp3) is 0.375. The number of amides is 2. The van der Waals surface area contributed by atoms with Crippen molar-refractivity contribution in [3.05, 3.63) is 40.3 Å². The van der Waals surface area contributed by atoms with Crippen molar-refractivity contribution in [2.24, 2.45) is 5.92 Å². The van der Waals surface area contributed by atoms with Gasteiger partial charge in [-0.05, 0) is 25.0 Å². The van der Waals surface area contributed by atoms with Gasteiger partial charge in [-0.1, -0.05) is 43.4 Å². The summed E-state index contributed by atoms with van der Waals surface area (Å²) in [6, 6.07) is 9.16. The average molecular weight is 332 g/mol. The second-order valence-electron chi connectivity index (χ2n) is 5.05. The van der Waals surface area contributed by atoms with Crippen molar-refractivity contribution in [3.63, 3.8) is 0 Å². The summed E-state index contributed by atoms with van der Waals surface area (Å²) in [6.07, 6.45) is 1.62. The minimum atomic E-state index is -0.300. The van der Waals surface area contributed by atoms with E-state index in [1.165, 1.54) is 11.3 Å². The molecule has 0 spiro atoms. The number of nitrogens with zero attached hydrogens (tertiary/aromatic N) is 2. The molecule has 1 aromatic carbocycles. The van der Waals surface area contributed by atoms with Crippen LogP contribution in [0, 0.1) is 5.92 Å². The fourth-order valence-corrected chi connectivity index (χ4v) is 2.76. The Bertz CT molecular complexity index is 653. The molecule has 2 rings (SSSR count). The van der Waals surface area contributed by atoms with Gasteiger partial charge in [0, 0.05) is 11.6 Å². The molecule has 23 heavy (non-hydrogen) atoms. The number of nitrogens with one attached hydrogen (secondary N) is 2. The van der Waals surface area contributed by atoms with Crippen LogP contribution >= 0.6 is 11.3 Å². The van der Waals surface area contributed by atoms with E-state index < -0.39 is 0 Å². The Hall–Kier alpha value is -2.28. The van der Waals surface area contributed by atoms with E-state index in [0.29, 0.717) is 17.2 Å². The lowest BCUT2D eigenvalue weighted by Gasteiger charge is -2.11. The van der Waals surface area contributed by atoms with E-state index in [1.54, 1.807) is 12.1 Å². The predicted octanol–water partition coefficient (Wildman–Crippen LogP) is 2.84. The van der Waals surface area contributed by atoms with Crippen LogP contribution in [0.2, 0.25) is 0 Å². The SMILES string of the molecule is CCC(CC)C(=O)NCc1nnc(C(=O)Nc2ccccc2)s1. The van der Waals surface area contributed by atoms with Crippen LogP contribution in [0.15, 0.2) is 30.3 Å². The normalized spacial score (nSPS) is 10.6. The third kappa shape index (κ3) is 4.85. The molecule has 0 fully saturated rings. The Morgan fingerprint density at radius 1 is 1.13 bits per heavy atom. The summed E-state index contributed by atoms with van der Waals surface area (Å²) in [4.78, 5) is 24.0. The van der Waals surface area contributed by atoms with Gasteiger partial charge in [-0.3, -0.25) is 9.59 Å². The summed E-state index contributed by atoms with van der Waals surface area (Å²) in [6.45, 7) is 4.28. The number of hydrogen-bond acceptors (Lipinski definition) is 5. The highest BCUT2D eigenvalue weighted by molar-refractivity contribution is 7.13. The Balaban J connectivity index is 1.90. The predicted molar refractivity (Wildman–Crippen MR) is 90.2 cm³/mol. The van der Waals surface area contributed by atoms with E-state index in [-0.39, 0.29) is 22.7 Å². The van der Waals surface area contributed by atoms with Gasteiger partial charge in [0.15, 0.2) is 0 Å². The van der Waals surface area contributed by atoms with Gasteiger partial charge in [-0.15, -0.1) is 10.2 Å². The molecule has 0 aliphatic carbocycles. The molecule has 0 aliphatic rings. The number of carbonyl (C=O) groups is 2. The van der Waals surface area contributed by atoms with Gasteiger partial charge in [0.2, 0.25) is 10.9 Å². The monoisotopic (exact) mass is 332 g/mol. The molecule has 6 nitrogen and oxygen atoms in total. The first-order chi connectivity index (χ1) is 11.1. The standard InChI is InChI=1S/C16H20N4O2S/c1-3-11(4-2)14(21)17-10-13-19-20-16(23-13)15(22)18-12-8-6-5-7-9-12/h5-9,11H,3-4,10H2,1-2H3,(H,17,21)(H,18,22). The molecule has 2 amide bonds. The second-order valence-corrected chi connectivity index (χ2v) is 6.11. The van der Waals surface area contributed by atoms with Crippen molar-refractivity contribution in [1.29, 1.82) is 0 Å². The lowest BCUT2D eigenvalue weighted by atomic mass is 10.0. The van der Waals surface area contributed by atoms with Crippen molar-refractivity contribution in [2.75, 3.05) is 5.32 Å². The van der Waals surface area contributed by atoms with Crippen LogP contribution in [0.4, 0.5) is 5.69 Å². The third-order valence-corrected chi connectivity index (χ3v) is 4.38. The first kappa shape index (κ1) is 17.1. The highest BCUT2D eigenvalue weighted by atomic mass is 32.1. The molecule has 1 aromatic heterocycles. The topological polar surface area (TPSA) is 84.0 Å². The lowest BCUT2D eigenvalue weighted by molar-refractivity contribution is -0.125. The number of hydrogen-bond donors (Lipinski definition) is 2. The van der Waals surface area contributed by atoms with Crippen LogP contribution in [0.1, 0.15) is 41.5 Å². The van der Waals surface area contributed by atoms with Gasteiger partial charge >= 0.3 is 0 Å². The van der Waals surface area contributed by atoms with E-state index in [0.717, 1.165) is 12.8 Å². The Labute approximate surface area is 139 Å². The number of rotatable bonds is 7. The maximum atomic E-state index is 12.1. The van der Waals surface area contributed by atoms with Crippen molar-refractivity contribution >= 4 is 28.8 Å². The molecule has 0 saturated heterocycles. The molecule has 0 atom stereocenters. The maximum absolute atomic E-state index is 12.1. The number of para-hydroxylation sites is 1. The highest BCUT2D eigenvalue weighted by Gasteiger charge is 2.16. The van der Waals surface area contributed by atoms with Crippen molar-refractivity contribution in [2.45, 2.75) is 33.2 Å². The average Bonchev–Trinajstić information content (AvgIpc) is 3.04. The van der Waals surface area contributed by atoms with Crippen LogP contribution < -0.4 is 10.6 Å². The Morgan fingerprint density at radius 3 is 2.48 bits per heavy atom. The Morgan fingerprint density at radius 2 is 1.83 bits per heavy atom. The van der Waals surface area contributed by atoms with Gasteiger partial charge < -0.3 is 10.6 Å². The number of anilines is 1. The van der Waals surface area contributed by atoms with E-state index in [4.69, 9.17) is 0 Å². The van der Waals surface area contributed by atoms with Crippen molar-refractivity contribution in [3.8, 4) is 0 Å². The van der Waals surface area contributed by atoms with Gasteiger partial charge in [0.1, 0.15) is 5.01 Å². The zero-order valence-corrected chi connectivity index (χ0v) is 14.0. The molecule has 7 heteroatoms. The van der Waals surface area contributed by atoms with Crippen LogP contribution in [0.25, 0.3) is 0 Å². The van der Waals surface area contributed by atoms with Crippen molar-refractivity contribution in [1.82, 2.24) is 15.5 Å². The van der Waals surface area contributed by atoms with Crippen LogP contribution in [-0.4, -0.2) is 22.0 Å². The molecule has 2 N–H and O–H groups in total. The number of carbonyl (C=O) groups excluding carboxylic acids is 2. The first-order valence-corrected chi connectivity index (χ1v) is 8.42. The quantitative estimate of drug-likeness (QED) is 0.816. The summed E-state index contributed by atoms with van der Waals surface area (Å²) in [5.41, 5.74) is 0.705. The second kappa shape index (κ2) is 8.38. The Kier molecular flexibility index (Phi) is 6.22. The molecular formula is C16H20N4O2S. The zero-order chi connectivity index (χ0) is 16.7. The van der Waals surface area contributed by atoms with Crippen LogP contribution in [0.5, 0.6) is 0 Å². The molecular weight excluding hydrogens is 312 g/mol. The van der Waals surface area contributed by atoms with Gasteiger partial charge in [-0.2, -0.15) is 0 Å². The lowest BCUT2D eigenvalue weighted by Crippen LogP contribution is -2.29. The van der Waals surface area contributed by atoms with E-state index in [9.17, 15) is 9.59 Å². The number of benzene rings is 1. The van der Waals surface area contributed by atoms with E-state index in [1.807, 2.05) is 32.0 Å². The maximum Gasteiger partial charge on any atom is 0.286 e. The number of aromatic nitrogens is 2. The third-order valence-electron chi connectivity index (χ3n) is 3.46. The van der Waals surface area contributed by atoms with Gasteiger partial charge in [0.25, 0.3) is 5.91 Å². The molecule has 122 valence electrons. The van der Waals surface area contributed by atoms with Gasteiger partial charge in [0.05, 0.1) is 6.54 Å². The zero-order valence-electron chi connectivity index (χ0n) is 13.2. The van der Waals surface area contributed by atoms with Crippen LogP contribution in [0.3, 0.4) is 0 Å². The smallest absolute Gasteiger partial charge is 0.286 e. The molecule has 0 aliphatic heterocycles. The molecule has 0 saturated carbocycles. The summed E-state index contributed by atoms with van der Waals surface area (Å²) < 4.78 is 0. The molecule has 0 unspecified atom stereocenters. The van der Waals surface area contributed by atoms with Gasteiger partial charge in [-0.25, -0.2) is 0 Å². The highest BCUT2D eigenvalue weighted by Crippen LogP contribution is 2.14. The van der Waals surface area contributed by atoms with E-state index >= 15 is 0 Å². The first-order valence-electron chi connectivity index (χ1n) is 7.60. The summed E-state index contributed by atoms with van der Waals surface area (Å²) in [7, 11) is 0. The fourth-order valence-electron chi connectivity index (χ4n) is 2.09.